The molecule has 1 aromatic rings. The molecule has 1 heterocycles. The van der Waals surface area contributed by atoms with E-state index in [2.05, 4.69) is 10.3 Å². The van der Waals surface area contributed by atoms with Gasteiger partial charge < -0.3 is 14.8 Å². The number of hydrogen-bond acceptors (Lipinski definition) is 7. The quantitative estimate of drug-likeness (QED) is 0.598. The molecule has 0 saturated carbocycles. The second kappa shape index (κ2) is 9.54. The topological polar surface area (TPSA) is 94.1 Å². The normalized spacial score (nSPS) is 16.3. The Morgan fingerprint density at radius 1 is 1.21 bits per heavy atom. The maximum absolute atomic E-state index is 12.6. The third kappa shape index (κ3) is 5.22. The highest BCUT2D eigenvalue weighted by atomic mass is 32.2. The molecule has 0 fully saturated rings. The predicted octanol–water partition coefficient (Wildman–Crippen LogP) is 3.29. The summed E-state index contributed by atoms with van der Waals surface area (Å²) in [5, 5.41) is 2.70. The number of amides is 1. The van der Waals surface area contributed by atoms with E-state index >= 15 is 0 Å². The molecule has 7 nitrogen and oxygen atoms in total. The number of carbonyl (C=O) groups excluding carboxylic acids is 3. The zero-order chi connectivity index (χ0) is 20.8. The molecule has 0 radical (unpaired) electrons. The lowest BCUT2D eigenvalue weighted by Crippen LogP contribution is -2.30. The third-order valence-electron chi connectivity index (χ3n) is 3.95. The average Bonchev–Trinajstić information content (AvgIpc) is 2.60. The Kier molecular flexibility index (Phi) is 7.39. The van der Waals surface area contributed by atoms with Gasteiger partial charge in [-0.15, -0.1) is 0 Å². The summed E-state index contributed by atoms with van der Waals surface area (Å²) < 4.78 is 10.5. The molecule has 28 heavy (non-hydrogen) atoms. The zero-order valence-corrected chi connectivity index (χ0v) is 17.4. The summed E-state index contributed by atoms with van der Waals surface area (Å²) in [7, 11) is 0. The summed E-state index contributed by atoms with van der Waals surface area (Å²) in [6, 6.07) is 5.43. The van der Waals surface area contributed by atoms with Crippen molar-refractivity contribution in [2.75, 3.05) is 6.61 Å². The largest absolute Gasteiger partial charge is 0.463 e. The number of allylic oxidation sites excluding steroid dienone is 1. The lowest BCUT2D eigenvalue weighted by molar-refractivity contribution is -0.138. The highest BCUT2D eigenvalue weighted by Crippen LogP contribution is 2.43. The van der Waals surface area contributed by atoms with Crippen LogP contribution in [0.15, 0.2) is 34.5 Å². The van der Waals surface area contributed by atoms with Crippen LogP contribution in [0.4, 0.5) is 0 Å². The van der Waals surface area contributed by atoms with E-state index in [-0.39, 0.29) is 12.5 Å². The van der Waals surface area contributed by atoms with Gasteiger partial charge >= 0.3 is 11.9 Å². The molecule has 0 spiro atoms. The summed E-state index contributed by atoms with van der Waals surface area (Å²) in [4.78, 5) is 39.7. The molecule has 0 bridgehead atoms. The molecule has 1 aliphatic heterocycles. The Bertz CT molecular complexity index is 860. The number of benzene rings is 1. The molecule has 1 aromatic carbocycles. The van der Waals surface area contributed by atoms with Gasteiger partial charge in [0.15, 0.2) is 5.17 Å². The van der Waals surface area contributed by atoms with Crippen molar-refractivity contribution in [3.05, 3.63) is 40.6 Å². The van der Waals surface area contributed by atoms with Gasteiger partial charge in [-0.3, -0.25) is 9.59 Å². The minimum atomic E-state index is -0.440. The number of ether oxygens (including phenoxy) is 2. The van der Waals surface area contributed by atoms with Gasteiger partial charge in [0.25, 0.3) is 0 Å². The number of rotatable bonds is 5. The first kappa shape index (κ1) is 21.7. The van der Waals surface area contributed by atoms with E-state index in [1.807, 2.05) is 13.0 Å². The van der Waals surface area contributed by atoms with Gasteiger partial charge in [-0.25, -0.2) is 9.79 Å². The van der Waals surface area contributed by atoms with Crippen molar-refractivity contribution in [3.8, 4) is 5.75 Å². The predicted molar refractivity (Wildman–Crippen MR) is 108 cm³/mol. The highest BCUT2D eigenvalue weighted by Gasteiger charge is 2.32. The monoisotopic (exact) mass is 404 g/mol. The standard InChI is InChI=1S/C20H24N2O5S/c1-6-14-10-15(8-9-16(14)27-13(5)24)18-17(19(25)26-7-2)11(3)21-20(28-18)22-12(4)23/h8-10,18H,6-7H2,1-5H3,(H,21,22,23). The van der Waals surface area contributed by atoms with Crippen LogP contribution in [0, 0.1) is 0 Å². The van der Waals surface area contributed by atoms with E-state index in [1.54, 1.807) is 26.0 Å². The first-order chi connectivity index (χ1) is 13.3. The fourth-order valence-corrected chi connectivity index (χ4v) is 4.08. The Morgan fingerprint density at radius 2 is 1.93 bits per heavy atom. The number of hydrogen-bond donors (Lipinski definition) is 1. The number of nitrogens with zero attached hydrogens (tertiary/aromatic N) is 1. The van der Waals surface area contributed by atoms with Gasteiger partial charge in [0.2, 0.25) is 5.91 Å². The number of nitrogens with one attached hydrogen (secondary N) is 1. The van der Waals surface area contributed by atoms with Crippen molar-refractivity contribution in [2.45, 2.75) is 46.3 Å². The second-order valence-electron chi connectivity index (χ2n) is 6.13. The van der Waals surface area contributed by atoms with E-state index in [0.29, 0.717) is 28.6 Å². The van der Waals surface area contributed by atoms with Crippen molar-refractivity contribution in [3.63, 3.8) is 0 Å². The maximum atomic E-state index is 12.6. The molecule has 1 unspecified atom stereocenters. The van der Waals surface area contributed by atoms with E-state index in [1.165, 1.54) is 25.6 Å². The third-order valence-corrected chi connectivity index (χ3v) is 5.11. The lowest BCUT2D eigenvalue weighted by atomic mass is 9.99. The zero-order valence-electron chi connectivity index (χ0n) is 16.6. The van der Waals surface area contributed by atoms with Gasteiger partial charge in [0, 0.05) is 13.8 Å². The number of carbonyl (C=O) groups is 3. The number of amidine groups is 1. The van der Waals surface area contributed by atoms with Crippen LogP contribution in [0.5, 0.6) is 5.75 Å². The van der Waals surface area contributed by atoms with Crippen LogP contribution in [-0.2, 0) is 25.5 Å². The van der Waals surface area contributed by atoms with Crippen molar-refractivity contribution in [2.24, 2.45) is 4.99 Å². The molecule has 150 valence electrons. The molecule has 0 aliphatic carbocycles. The van der Waals surface area contributed by atoms with Crippen LogP contribution in [-0.4, -0.2) is 29.6 Å². The van der Waals surface area contributed by atoms with Gasteiger partial charge in [0.05, 0.1) is 23.1 Å². The Balaban J connectivity index is 2.50. The first-order valence-electron chi connectivity index (χ1n) is 8.98. The summed E-state index contributed by atoms with van der Waals surface area (Å²) in [6.45, 7) is 8.42. The molecular weight excluding hydrogens is 380 g/mol. The van der Waals surface area contributed by atoms with Crippen molar-refractivity contribution >= 4 is 34.8 Å². The highest BCUT2D eigenvalue weighted by molar-refractivity contribution is 8.14. The lowest BCUT2D eigenvalue weighted by Gasteiger charge is -2.26. The number of esters is 2. The molecular formula is C20H24N2O5S. The molecule has 1 amide bonds. The van der Waals surface area contributed by atoms with Crippen molar-refractivity contribution < 1.29 is 23.9 Å². The summed E-state index contributed by atoms with van der Waals surface area (Å²) in [5.41, 5.74) is 2.60. The van der Waals surface area contributed by atoms with E-state index in [4.69, 9.17) is 9.47 Å². The van der Waals surface area contributed by atoms with Gasteiger partial charge in [-0.2, -0.15) is 0 Å². The smallest absolute Gasteiger partial charge is 0.337 e. The van der Waals surface area contributed by atoms with Gasteiger partial charge in [0.1, 0.15) is 5.75 Å². The van der Waals surface area contributed by atoms with Crippen LogP contribution < -0.4 is 10.1 Å². The minimum absolute atomic E-state index is 0.239. The second-order valence-corrected chi connectivity index (χ2v) is 7.22. The van der Waals surface area contributed by atoms with Crippen LogP contribution in [0.25, 0.3) is 0 Å². The molecule has 1 atom stereocenters. The fraction of sp³-hybridized carbons (Fsp3) is 0.400. The van der Waals surface area contributed by atoms with Crippen LogP contribution in [0.2, 0.25) is 0 Å². The van der Waals surface area contributed by atoms with Crippen LogP contribution in [0.1, 0.15) is 51.0 Å². The molecule has 0 saturated heterocycles. The molecule has 1 N–H and O–H groups in total. The summed E-state index contributed by atoms with van der Waals surface area (Å²) in [5.74, 6) is -0.576. The number of aryl methyl sites for hydroxylation is 1. The minimum Gasteiger partial charge on any atom is -0.463 e. The Morgan fingerprint density at radius 3 is 2.50 bits per heavy atom. The number of aliphatic imine (C=N–C) groups is 1. The Labute approximate surface area is 168 Å². The van der Waals surface area contributed by atoms with E-state index in [0.717, 1.165) is 11.1 Å². The van der Waals surface area contributed by atoms with Gasteiger partial charge in [-0.05, 0) is 37.5 Å². The molecule has 0 aromatic heterocycles. The van der Waals surface area contributed by atoms with Crippen molar-refractivity contribution in [1.29, 1.82) is 0 Å². The number of thioether (sulfide) groups is 1. The maximum Gasteiger partial charge on any atom is 0.337 e. The first-order valence-corrected chi connectivity index (χ1v) is 9.86. The van der Waals surface area contributed by atoms with Crippen molar-refractivity contribution in [1.82, 2.24) is 5.32 Å². The average molecular weight is 404 g/mol. The Hall–Kier alpha value is -2.61. The SMILES string of the molecule is CCOC(=O)C1=C(C)N=C(NC(C)=O)SC1c1ccc(OC(C)=O)c(CC)c1. The van der Waals surface area contributed by atoms with E-state index in [9.17, 15) is 14.4 Å². The van der Waals surface area contributed by atoms with Crippen LogP contribution in [0.3, 0.4) is 0 Å². The molecule has 1 aliphatic rings. The van der Waals surface area contributed by atoms with E-state index < -0.39 is 17.2 Å². The fourth-order valence-electron chi connectivity index (χ4n) is 2.80. The summed E-state index contributed by atoms with van der Waals surface area (Å²) in [6.07, 6.45) is 0.651. The van der Waals surface area contributed by atoms with Gasteiger partial charge in [-0.1, -0.05) is 30.8 Å². The summed E-state index contributed by atoms with van der Waals surface area (Å²) >= 11 is 1.27. The van der Waals surface area contributed by atoms with Crippen LogP contribution >= 0.6 is 11.8 Å². The molecule has 8 heteroatoms. The molecule has 2 rings (SSSR count).